The number of rotatable bonds is 1. The van der Waals surface area contributed by atoms with E-state index in [1.165, 1.54) is 18.5 Å². The third-order valence-electron chi connectivity index (χ3n) is 5.30. The molecule has 1 amide bonds. The van der Waals surface area contributed by atoms with Crippen molar-refractivity contribution >= 4 is 16.9 Å². The molecule has 11 heteroatoms. The van der Waals surface area contributed by atoms with Crippen molar-refractivity contribution in [2.75, 3.05) is 0 Å². The third-order valence-corrected chi connectivity index (χ3v) is 5.30. The molecule has 0 aromatic carbocycles. The molecule has 27 heavy (non-hydrogen) atoms. The number of alkyl halides is 6. The van der Waals surface area contributed by atoms with Gasteiger partial charge in [-0.25, -0.2) is 4.98 Å². The molecule has 2 aliphatic rings. The van der Waals surface area contributed by atoms with E-state index in [1.807, 2.05) is 0 Å². The predicted octanol–water partition coefficient (Wildman–Crippen LogP) is 3.71. The number of aromatic nitrogens is 3. The number of halogens is 6. The Hall–Kier alpha value is -2.33. The Balaban J connectivity index is 1.72. The molecule has 2 bridgehead atoms. The first-order chi connectivity index (χ1) is 12.6. The van der Waals surface area contributed by atoms with Crippen molar-refractivity contribution in [1.29, 1.82) is 0 Å². The molecule has 2 atom stereocenters. The van der Waals surface area contributed by atoms with E-state index in [4.69, 9.17) is 0 Å². The van der Waals surface area contributed by atoms with Gasteiger partial charge in [0.2, 0.25) is 5.82 Å². The van der Waals surface area contributed by atoms with Crippen LogP contribution in [0.5, 0.6) is 0 Å². The molecule has 146 valence electrons. The molecule has 0 saturated carbocycles. The van der Waals surface area contributed by atoms with Crippen LogP contribution in [0.4, 0.5) is 26.3 Å². The highest BCUT2D eigenvalue weighted by molar-refractivity contribution is 5.83. The Morgan fingerprint density at radius 2 is 1.67 bits per heavy atom. The normalized spacial score (nSPS) is 26.0. The van der Waals surface area contributed by atoms with Crippen LogP contribution in [-0.4, -0.2) is 43.6 Å². The minimum atomic E-state index is -4.99. The summed E-state index contributed by atoms with van der Waals surface area (Å²) in [5.74, 6) is -3.00. The van der Waals surface area contributed by atoms with Gasteiger partial charge >= 0.3 is 18.3 Å². The van der Waals surface area contributed by atoms with Gasteiger partial charge in [-0.05, 0) is 31.7 Å². The Kier molecular flexibility index (Phi) is 3.90. The van der Waals surface area contributed by atoms with Crippen LogP contribution in [0.25, 0.3) is 11.0 Å². The molecule has 5 nitrogen and oxygen atoms in total. The Morgan fingerprint density at radius 1 is 1.04 bits per heavy atom. The van der Waals surface area contributed by atoms with Crippen molar-refractivity contribution in [3.05, 3.63) is 24.3 Å². The fourth-order valence-electron chi connectivity index (χ4n) is 4.36. The van der Waals surface area contributed by atoms with Crippen LogP contribution in [0.1, 0.15) is 37.5 Å². The molecule has 2 aromatic heterocycles. The monoisotopic (exact) mass is 392 g/mol. The van der Waals surface area contributed by atoms with E-state index in [0.717, 1.165) is 9.47 Å². The average Bonchev–Trinajstić information content (AvgIpc) is 3.08. The van der Waals surface area contributed by atoms with Crippen LogP contribution in [0.15, 0.2) is 18.5 Å². The quantitative estimate of drug-likeness (QED) is 0.696. The SMILES string of the molecule is O=C(N1C2CCC1CC(n1c(C(F)(F)F)nc3cnccc31)C2)C(F)(F)F. The fourth-order valence-corrected chi connectivity index (χ4v) is 4.36. The lowest BCUT2D eigenvalue weighted by molar-refractivity contribution is -0.190. The molecule has 2 saturated heterocycles. The van der Waals surface area contributed by atoms with E-state index in [0.29, 0.717) is 12.8 Å². The standard InChI is InChI=1S/C16H14F6N4O/c17-15(18,19)13-24-11-7-23-4-3-12(11)26(13)10-5-8-1-2-9(6-10)25(8)14(27)16(20,21)22/h3-4,7-10H,1-2,5-6H2. The number of piperidine rings is 1. The van der Waals surface area contributed by atoms with Gasteiger partial charge in [0, 0.05) is 24.3 Å². The number of carbonyl (C=O) groups is 1. The summed E-state index contributed by atoms with van der Waals surface area (Å²) >= 11 is 0. The first-order valence-corrected chi connectivity index (χ1v) is 8.36. The van der Waals surface area contributed by atoms with Gasteiger partial charge in [-0.3, -0.25) is 9.78 Å². The van der Waals surface area contributed by atoms with E-state index < -0.39 is 42.2 Å². The zero-order valence-corrected chi connectivity index (χ0v) is 13.8. The molecule has 2 aromatic rings. The van der Waals surface area contributed by atoms with Crippen LogP contribution < -0.4 is 0 Å². The lowest BCUT2D eigenvalue weighted by Gasteiger charge is -2.40. The molecule has 0 aliphatic carbocycles. The summed E-state index contributed by atoms with van der Waals surface area (Å²) in [6, 6.07) is -0.748. The summed E-state index contributed by atoms with van der Waals surface area (Å²) in [4.78, 5) is 19.9. The maximum absolute atomic E-state index is 13.5. The van der Waals surface area contributed by atoms with Gasteiger partial charge in [0.1, 0.15) is 5.52 Å². The molecular formula is C16H14F6N4O. The number of imidazole rings is 1. The molecule has 2 fully saturated rings. The van der Waals surface area contributed by atoms with E-state index in [9.17, 15) is 31.1 Å². The molecule has 0 radical (unpaired) electrons. The number of hydrogen-bond donors (Lipinski definition) is 0. The second-order valence-electron chi connectivity index (χ2n) is 6.89. The van der Waals surface area contributed by atoms with Crippen molar-refractivity contribution in [2.24, 2.45) is 0 Å². The minimum Gasteiger partial charge on any atom is -0.329 e. The van der Waals surface area contributed by atoms with Gasteiger partial charge in [-0.1, -0.05) is 0 Å². The van der Waals surface area contributed by atoms with Crippen LogP contribution in [0.2, 0.25) is 0 Å². The van der Waals surface area contributed by atoms with Gasteiger partial charge < -0.3 is 9.47 Å². The van der Waals surface area contributed by atoms with Crippen molar-refractivity contribution in [1.82, 2.24) is 19.4 Å². The summed E-state index contributed by atoms with van der Waals surface area (Å²) in [6.45, 7) is 0. The second-order valence-corrected chi connectivity index (χ2v) is 6.89. The van der Waals surface area contributed by atoms with Gasteiger partial charge in [-0.2, -0.15) is 26.3 Å². The summed E-state index contributed by atoms with van der Waals surface area (Å²) in [5, 5.41) is 0. The Morgan fingerprint density at radius 3 is 2.22 bits per heavy atom. The molecule has 2 unspecified atom stereocenters. The van der Waals surface area contributed by atoms with Crippen LogP contribution in [-0.2, 0) is 11.0 Å². The summed E-state index contributed by atoms with van der Waals surface area (Å²) in [7, 11) is 0. The van der Waals surface area contributed by atoms with Crippen molar-refractivity contribution in [3.63, 3.8) is 0 Å². The topological polar surface area (TPSA) is 51.0 Å². The molecule has 4 heterocycles. The Labute approximate surface area is 149 Å². The summed E-state index contributed by atoms with van der Waals surface area (Å²) < 4.78 is 80.1. The maximum atomic E-state index is 13.5. The molecular weight excluding hydrogens is 378 g/mol. The first kappa shape index (κ1) is 18.1. The minimum absolute atomic E-state index is 0.0230. The molecule has 2 aliphatic heterocycles. The van der Waals surface area contributed by atoms with Crippen molar-refractivity contribution in [2.45, 2.75) is 56.2 Å². The highest BCUT2D eigenvalue weighted by atomic mass is 19.4. The lowest BCUT2D eigenvalue weighted by atomic mass is 9.96. The van der Waals surface area contributed by atoms with E-state index in [1.54, 1.807) is 0 Å². The molecule has 0 spiro atoms. The predicted molar refractivity (Wildman–Crippen MR) is 80.5 cm³/mol. The van der Waals surface area contributed by atoms with Gasteiger partial charge in [0.25, 0.3) is 0 Å². The van der Waals surface area contributed by atoms with Gasteiger partial charge in [0.15, 0.2) is 0 Å². The smallest absolute Gasteiger partial charge is 0.329 e. The van der Waals surface area contributed by atoms with Crippen LogP contribution >= 0.6 is 0 Å². The average molecular weight is 392 g/mol. The third kappa shape index (κ3) is 2.92. The molecule has 0 N–H and O–H groups in total. The van der Waals surface area contributed by atoms with E-state index in [-0.39, 0.29) is 23.9 Å². The van der Waals surface area contributed by atoms with Crippen LogP contribution in [0.3, 0.4) is 0 Å². The van der Waals surface area contributed by atoms with Gasteiger partial charge in [-0.15, -0.1) is 0 Å². The summed E-state index contributed by atoms with van der Waals surface area (Å²) in [5.41, 5.74) is 0.309. The number of amides is 1. The second kappa shape index (κ2) is 5.83. The largest absolute Gasteiger partial charge is 0.471 e. The number of nitrogens with zero attached hydrogens (tertiary/aromatic N) is 4. The number of hydrogen-bond acceptors (Lipinski definition) is 3. The van der Waals surface area contributed by atoms with E-state index >= 15 is 0 Å². The maximum Gasteiger partial charge on any atom is 0.471 e. The van der Waals surface area contributed by atoms with Crippen LogP contribution in [0, 0.1) is 0 Å². The zero-order valence-electron chi connectivity index (χ0n) is 13.8. The number of pyridine rings is 1. The fraction of sp³-hybridized carbons (Fsp3) is 0.562. The summed E-state index contributed by atoms with van der Waals surface area (Å²) in [6.07, 6.45) is -6.40. The highest BCUT2D eigenvalue weighted by Crippen LogP contribution is 2.45. The van der Waals surface area contributed by atoms with Crippen molar-refractivity contribution in [3.8, 4) is 0 Å². The highest BCUT2D eigenvalue weighted by Gasteiger charge is 2.53. The lowest BCUT2D eigenvalue weighted by Crippen LogP contribution is -2.51. The van der Waals surface area contributed by atoms with Crippen molar-refractivity contribution < 1.29 is 31.1 Å². The first-order valence-electron chi connectivity index (χ1n) is 8.36. The zero-order chi connectivity index (χ0) is 19.6. The van der Waals surface area contributed by atoms with E-state index in [2.05, 4.69) is 9.97 Å². The number of carbonyl (C=O) groups excluding carboxylic acids is 1. The van der Waals surface area contributed by atoms with Gasteiger partial charge in [0.05, 0.1) is 11.7 Å². The number of fused-ring (bicyclic) bond motifs is 3. The Bertz CT molecular complexity index is 875. The molecule has 4 rings (SSSR count).